The zero-order valence-electron chi connectivity index (χ0n) is 9.75. The summed E-state index contributed by atoms with van der Waals surface area (Å²) in [6.07, 6.45) is 6.15. The van der Waals surface area contributed by atoms with E-state index in [1.54, 1.807) is 7.11 Å². The highest BCUT2D eigenvalue weighted by Gasteiger charge is 2.12. The molecule has 1 aliphatic carbocycles. The van der Waals surface area contributed by atoms with E-state index in [0.717, 1.165) is 24.2 Å². The molecule has 2 rings (SSSR count). The minimum absolute atomic E-state index is 0.441. The Morgan fingerprint density at radius 2 is 1.88 bits per heavy atom. The van der Waals surface area contributed by atoms with Crippen molar-refractivity contribution in [3.8, 4) is 5.75 Å². The van der Waals surface area contributed by atoms with E-state index in [9.17, 15) is 0 Å². The van der Waals surface area contributed by atoms with Gasteiger partial charge >= 0.3 is 0 Å². The molecule has 88 valence electrons. The third kappa shape index (κ3) is 2.36. The SMILES string of the molecule is COc1cc2c(cc1CNO)CCCCC2. The lowest BCUT2D eigenvalue weighted by atomic mass is 9.99. The second-order valence-electron chi connectivity index (χ2n) is 4.33. The van der Waals surface area contributed by atoms with E-state index in [1.807, 2.05) is 0 Å². The summed E-state index contributed by atoms with van der Waals surface area (Å²) < 4.78 is 5.35. The summed E-state index contributed by atoms with van der Waals surface area (Å²) in [7, 11) is 1.68. The van der Waals surface area contributed by atoms with Gasteiger partial charge in [0.25, 0.3) is 0 Å². The molecule has 0 spiro atoms. The molecule has 0 heterocycles. The molecule has 3 heteroatoms. The van der Waals surface area contributed by atoms with Crippen LogP contribution in [0.2, 0.25) is 0 Å². The molecule has 0 saturated carbocycles. The average Bonchev–Trinajstić information content (AvgIpc) is 2.53. The maximum absolute atomic E-state index is 8.79. The number of fused-ring (bicyclic) bond motifs is 1. The van der Waals surface area contributed by atoms with Crippen molar-refractivity contribution in [1.82, 2.24) is 5.48 Å². The van der Waals surface area contributed by atoms with Gasteiger partial charge in [-0.3, -0.25) is 0 Å². The average molecular weight is 221 g/mol. The highest BCUT2D eigenvalue weighted by Crippen LogP contribution is 2.28. The summed E-state index contributed by atoms with van der Waals surface area (Å²) in [5.74, 6) is 0.877. The van der Waals surface area contributed by atoms with Gasteiger partial charge in [-0.25, -0.2) is 5.48 Å². The molecule has 0 fully saturated rings. The first kappa shape index (κ1) is 11.4. The van der Waals surface area contributed by atoms with Crippen molar-refractivity contribution in [2.45, 2.75) is 38.6 Å². The number of methoxy groups -OCH3 is 1. The topological polar surface area (TPSA) is 41.5 Å². The third-order valence-corrected chi connectivity index (χ3v) is 3.26. The van der Waals surface area contributed by atoms with Crippen molar-refractivity contribution in [3.63, 3.8) is 0 Å². The number of benzene rings is 1. The largest absolute Gasteiger partial charge is 0.496 e. The fourth-order valence-electron chi connectivity index (χ4n) is 2.40. The number of nitrogens with one attached hydrogen (secondary N) is 1. The van der Waals surface area contributed by atoms with Gasteiger partial charge in [-0.1, -0.05) is 12.5 Å². The van der Waals surface area contributed by atoms with Crippen LogP contribution in [-0.2, 0) is 19.4 Å². The molecule has 3 nitrogen and oxygen atoms in total. The van der Waals surface area contributed by atoms with E-state index in [1.165, 1.54) is 30.4 Å². The Kier molecular flexibility index (Phi) is 3.80. The molecule has 0 atom stereocenters. The van der Waals surface area contributed by atoms with Crippen LogP contribution in [0.25, 0.3) is 0 Å². The van der Waals surface area contributed by atoms with Crippen molar-refractivity contribution in [2.75, 3.05) is 7.11 Å². The molecular formula is C13H19NO2. The van der Waals surface area contributed by atoms with Crippen LogP contribution in [0.3, 0.4) is 0 Å². The number of hydrogen-bond acceptors (Lipinski definition) is 3. The summed E-state index contributed by atoms with van der Waals surface area (Å²) in [5.41, 5.74) is 6.07. The fourth-order valence-corrected chi connectivity index (χ4v) is 2.40. The lowest BCUT2D eigenvalue weighted by molar-refractivity contribution is 0.160. The Bertz CT molecular complexity index is 362. The van der Waals surface area contributed by atoms with Crippen LogP contribution in [0.1, 0.15) is 36.0 Å². The van der Waals surface area contributed by atoms with Crippen molar-refractivity contribution in [1.29, 1.82) is 0 Å². The van der Waals surface area contributed by atoms with Crippen LogP contribution in [0, 0.1) is 0 Å². The van der Waals surface area contributed by atoms with Crippen LogP contribution in [0.5, 0.6) is 5.75 Å². The van der Waals surface area contributed by atoms with Gasteiger partial charge in [-0.2, -0.15) is 0 Å². The summed E-state index contributed by atoms with van der Waals surface area (Å²) >= 11 is 0. The molecule has 0 unspecified atom stereocenters. The molecule has 0 saturated heterocycles. The molecule has 0 radical (unpaired) electrons. The van der Waals surface area contributed by atoms with Gasteiger partial charge in [0, 0.05) is 12.1 Å². The zero-order valence-corrected chi connectivity index (χ0v) is 9.75. The second kappa shape index (κ2) is 5.32. The van der Waals surface area contributed by atoms with Crippen LogP contribution in [0.4, 0.5) is 0 Å². The van der Waals surface area contributed by atoms with Gasteiger partial charge in [0.05, 0.1) is 7.11 Å². The van der Waals surface area contributed by atoms with E-state index in [0.29, 0.717) is 6.54 Å². The smallest absolute Gasteiger partial charge is 0.123 e. The molecule has 1 aromatic rings. The Morgan fingerprint density at radius 1 is 1.19 bits per heavy atom. The quantitative estimate of drug-likeness (QED) is 0.608. The summed E-state index contributed by atoms with van der Waals surface area (Å²) in [5, 5.41) is 8.79. The molecule has 0 bridgehead atoms. The number of hydrogen-bond donors (Lipinski definition) is 2. The lowest BCUT2D eigenvalue weighted by Crippen LogP contribution is -2.09. The molecular weight excluding hydrogens is 202 g/mol. The number of ether oxygens (including phenoxy) is 1. The normalized spacial score (nSPS) is 15.4. The molecule has 16 heavy (non-hydrogen) atoms. The van der Waals surface area contributed by atoms with E-state index in [2.05, 4.69) is 17.6 Å². The van der Waals surface area contributed by atoms with Gasteiger partial charge in [0.15, 0.2) is 0 Å². The first-order valence-corrected chi connectivity index (χ1v) is 5.90. The molecule has 2 N–H and O–H groups in total. The Hall–Kier alpha value is -1.06. The first-order valence-electron chi connectivity index (χ1n) is 5.90. The van der Waals surface area contributed by atoms with Crippen LogP contribution < -0.4 is 10.2 Å². The van der Waals surface area contributed by atoms with Crippen LogP contribution >= 0.6 is 0 Å². The first-order chi connectivity index (χ1) is 7.85. The van der Waals surface area contributed by atoms with Crippen LogP contribution in [0.15, 0.2) is 12.1 Å². The van der Waals surface area contributed by atoms with E-state index in [-0.39, 0.29) is 0 Å². The maximum Gasteiger partial charge on any atom is 0.123 e. The Labute approximate surface area is 96.4 Å². The van der Waals surface area contributed by atoms with E-state index in [4.69, 9.17) is 9.94 Å². The number of aryl methyl sites for hydroxylation is 2. The minimum atomic E-state index is 0.441. The molecule has 0 aliphatic heterocycles. The van der Waals surface area contributed by atoms with Gasteiger partial charge in [0.1, 0.15) is 5.75 Å². The van der Waals surface area contributed by atoms with Crippen molar-refractivity contribution >= 4 is 0 Å². The van der Waals surface area contributed by atoms with E-state index < -0.39 is 0 Å². The highest BCUT2D eigenvalue weighted by atomic mass is 16.5. The fraction of sp³-hybridized carbons (Fsp3) is 0.538. The summed E-state index contributed by atoms with van der Waals surface area (Å²) in [6, 6.07) is 4.30. The predicted molar refractivity (Wildman–Crippen MR) is 62.9 cm³/mol. The van der Waals surface area contributed by atoms with Gasteiger partial charge in [-0.15, -0.1) is 0 Å². The molecule has 1 aliphatic rings. The van der Waals surface area contributed by atoms with Crippen molar-refractivity contribution < 1.29 is 9.94 Å². The Balaban J connectivity index is 2.36. The zero-order chi connectivity index (χ0) is 11.4. The van der Waals surface area contributed by atoms with Crippen molar-refractivity contribution in [2.24, 2.45) is 0 Å². The van der Waals surface area contributed by atoms with E-state index >= 15 is 0 Å². The lowest BCUT2D eigenvalue weighted by Gasteiger charge is -2.13. The third-order valence-electron chi connectivity index (χ3n) is 3.26. The minimum Gasteiger partial charge on any atom is -0.496 e. The van der Waals surface area contributed by atoms with Gasteiger partial charge in [-0.05, 0) is 42.9 Å². The van der Waals surface area contributed by atoms with Gasteiger partial charge < -0.3 is 9.94 Å². The summed E-state index contributed by atoms with van der Waals surface area (Å²) in [6.45, 7) is 0.441. The Morgan fingerprint density at radius 3 is 2.50 bits per heavy atom. The van der Waals surface area contributed by atoms with Crippen LogP contribution in [-0.4, -0.2) is 12.3 Å². The molecule has 0 amide bonds. The number of rotatable bonds is 3. The standard InChI is InChI=1S/C13H19NO2/c1-16-13-8-11-6-4-2-3-5-10(11)7-12(13)9-14-15/h7-8,14-15H,2-6,9H2,1H3. The van der Waals surface area contributed by atoms with Crippen molar-refractivity contribution in [3.05, 3.63) is 28.8 Å². The molecule has 1 aromatic carbocycles. The highest BCUT2D eigenvalue weighted by molar-refractivity contribution is 5.43. The maximum atomic E-state index is 8.79. The summed E-state index contributed by atoms with van der Waals surface area (Å²) in [4.78, 5) is 0. The molecule has 0 aromatic heterocycles. The monoisotopic (exact) mass is 221 g/mol. The predicted octanol–water partition coefficient (Wildman–Crippen LogP) is 2.44. The second-order valence-corrected chi connectivity index (χ2v) is 4.33. The van der Waals surface area contributed by atoms with Gasteiger partial charge in [0.2, 0.25) is 0 Å². The number of hydroxylamine groups is 1.